The zero-order chi connectivity index (χ0) is 19.1. The second-order valence-corrected chi connectivity index (χ2v) is 6.07. The number of carbonyl (C=O) groups is 3. The normalized spacial score (nSPS) is 19.2. The van der Waals surface area contributed by atoms with E-state index in [0.29, 0.717) is 0 Å². The first-order valence-electron chi connectivity index (χ1n) is 8.25. The van der Waals surface area contributed by atoms with Crippen LogP contribution in [0.2, 0.25) is 0 Å². The Hall–Kier alpha value is -3.09. The zero-order valence-corrected chi connectivity index (χ0v) is 14.6. The van der Waals surface area contributed by atoms with Crippen molar-refractivity contribution >= 4 is 17.8 Å². The van der Waals surface area contributed by atoms with Gasteiger partial charge >= 0.3 is 0 Å². The Bertz CT molecular complexity index is 739. The number of nitrogens with one attached hydrogen (secondary N) is 2. The molecule has 2 amide bonds. The summed E-state index contributed by atoms with van der Waals surface area (Å²) in [5, 5.41) is 13.1. The lowest BCUT2D eigenvalue weighted by Crippen LogP contribution is -2.70. The number of furan rings is 1. The van der Waals surface area contributed by atoms with E-state index in [2.05, 4.69) is 10.6 Å². The summed E-state index contributed by atoms with van der Waals surface area (Å²) in [5.74, 6) is -0.324. The van der Waals surface area contributed by atoms with E-state index in [4.69, 9.17) is 14.3 Å². The van der Waals surface area contributed by atoms with Gasteiger partial charge in [-0.15, -0.1) is 0 Å². The van der Waals surface area contributed by atoms with Gasteiger partial charge in [0.2, 0.25) is 11.8 Å². The number of aliphatic carboxylic acids is 1. The van der Waals surface area contributed by atoms with Crippen molar-refractivity contribution in [2.45, 2.75) is 38.3 Å². The van der Waals surface area contributed by atoms with Crippen molar-refractivity contribution in [2.24, 2.45) is 0 Å². The van der Waals surface area contributed by atoms with Crippen LogP contribution < -0.4 is 10.6 Å². The van der Waals surface area contributed by atoms with Crippen LogP contribution in [0, 0.1) is 0 Å². The van der Waals surface area contributed by atoms with Gasteiger partial charge in [0, 0.05) is 12.8 Å². The molecule has 2 heterocycles. The van der Waals surface area contributed by atoms with Crippen LogP contribution in [0.15, 0.2) is 53.1 Å². The summed E-state index contributed by atoms with van der Waals surface area (Å²) in [6.45, 7) is 3.05. The third-order valence-electron chi connectivity index (χ3n) is 4.01. The predicted molar refractivity (Wildman–Crippen MR) is 94.4 cm³/mol. The second-order valence-electron chi connectivity index (χ2n) is 6.07. The summed E-state index contributed by atoms with van der Waals surface area (Å²) < 4.78 is 5.37. The van der Waals surface area contributed by atoms with Crippen molar-refractivity contribution in [3.8, 4) is 0 Å². The molecule has 1 aliphatic heterocycles. The van der Waals surface area contributed by atoms with E-state index >= 15 is 0 Å². The van der Waals surface area contributed by atoms with E-state index in [1.165, 1.54) is 0 Å². The molecule has 1 unspecified atom stereocenters. The first-order chi connectivity index (χ1) is 12.4. The lowest BCUT2D eigenvalue weighted by molar-refractivity contribution is -0.136. The SMILES string of the molecule is CC(=O)O.CC(c1ccco1)[C@H]1NC(=O)[C@H]1NC(=O)Cc1ccccc1. The Morgan fingerprint density at radius 2 is 1.88 bits per heavy atom. The highest BCUT2D eigenvalue weighted by molar-refractivity contribution is 5.94. The lowest BCUT2D eigenvalue weighted by Gasteiger charge is -2.40. The third-order valence-corrected chi connectivity index (χ3v) is 4.01. The summed E-state index contributed by atoms with van der Waals surface area (Å²) in [4.78, 5) is 32.8. The van der Waals surface area contributed by atoms with Crippen LogP contribution in [0.4, 0.5) is 0 Å². The fourth-order valence-electron chi connectivity index (χ4n) is 2.71. The quantitative estimate of drug-likeness (QED) is 0.705. The van der Waals surface area contributed by atoms with Crippen LogP contribution in [0.1, 0.15) is 31.1 Å². The summed E-state index contributed by atoms with van der Waals surface area (Å²) in [6.07, 6.45) is 1.88. The number of rotatable bonds is 5. The van der Waals surface area contributed by atoms with Gasteiger partial charge in [0.15, 0.2) is 0 Å². The van der Waals surface area contributed by atoms with Gasteiger partial charge in [-0.2, -0.15) is 0 Å². The molecule has 3 N–H and O–H groups in total. The smallest absolute Gasteiger partial charge is 0.300 e. The van der Waals surface area contributed by atoms with Crippen molar-refractivity contribution in [1.29, 1.82) is 0 Å². The number of hydrogen-bond donors (Lipinski definition) is 3. The molecule has 7 heteroatoms. The van der Waals surface area contributed by atoms with E-state index in [0.717, 1.165) is 18.2 Å². The topological polar surface area (TPSA) is 109 Å². The number of carbonyl (C=O) groups excluding carboxylic acids is 2. The average molecular weight is 358 g/mol. The van der Waals surface area contributed by atoms with Gasteiger partial charge < -0.3 is 20.2 Å². The average Bonchev–Trinajstić information content (AvgIpc) is 3.12. The molecule has 0 bridgehead atoms. The van der Waals surface area contributed by atoms with Crippen molar-refractivity contribution in [1.82, 2.24) is 10.6 Å². The minimum absolute atomic E-state index is 0.00900. The number of benzene rings is 1. The molecule has 7 nitrogen and oxygen atoms in total. The van der Waals surface area contributed by atoms with Crippen LogP contribution in [0.5, 0.6) is 0 Å². The minimum Gasteiger partial charge on any atom is -0.481 e. The number of hydrogen-bond acceptors (Lipinski definition) is 4. The number of carboxylic acid groups (broad SMARTS) is 1. The van der Waals surface area contributed by atoms with E-state index in [1.807, 2.05) is 49.4 Å². The molecular formula is C19H22N2O5. The highest BCUT2D eigenvalue weighted by Crippen LogP contribution is 2.26. The van der Waals surface area contributed by atoms with Crippen LogP contribution in [-0.4, -0.2) is 35.0 Å². The summed E-state index contributed by atoms with van der Waals surface area (Å²) in [7, 11) is 0. The molecule has 0 radical (unpaired) electrons. The first-order valence-corrected chi connectivity index (χ1v) is 8.25. The van der Waals surface area contributed by atoms with Crippen LogP contribution in [-0.2, 0) is 20.8 Å². The predicted octanol–water partition coefficient (Wildman–Crippen LogP) is 1.70. The molecule has 138 valence electrons. The summed E-state index contributed by atoms with van der Waals surface area (Å²) in [5.41, 5.74) is 0.926. The van der Waals surface area contributed by atoms with Gasteiger partial charge in [-0.05, 0) is 17.7 Å². The Labute approximate surface area is 151 Å². The van der Waals surface area contributed by atoms with Gasteiger partial charge in [0.25, 0.3) is 5.97 Å². The van der Waals surface area contributed by atoms with Gasteiger partial charge in [-0.3, -0.25) is 14.4 Å². The Morgan fingerprint density at radius 1 is 1.23 bits per heavy atom. The van der Waals surface area contributed by atoms with E-state index in [9.17, 15) is 9.59 Å². The molecule has 1 aliphatic rings. The number of β-lactam (4-membered cyclic amide) rings is 1. The van der Waals surface area contributed by atoms with Gasteiger partial charge in [0.05, 0.1) is 18.7 Å². The summed E-state index contributed by atoms with van der Waals surface area (Å²) >= 11 is 0. The molecule has 3 atom stereocenters. The highest BCUT2D eigenvalue weighted by Gasteiger charge is 2.44. The maximum Gasteiger partial charge on any atom is 0.300 e. The molecule has 0 saturated carbocycles. The zero-order valence-electron chi connectivity index (χ0n) is 14.6. The molecule has 1 fully saturated rings. The van der Waals surface area contributed by atoms with E-state index in [-0.39, 0.29) is 30.2 Å². The Morgan fingerprint density at radius 3 is 2.42 bits per heavy atom. The van der Waals surface area contributed by atoms with Gasteiger partial charge in [-0.1, -0.05) is 37.3 Å². The molecule has 0 spiro atoms. The molecule has 0 aliphatic carbocycles. The number of amides is 2. The maximum absolute atomic E-state index is 12.1. The Balaban J connectivity index is 0.000000552. The fraction of sp³-hybridized carbons (Fsp3) is 0.316. The van der Waals surface area contributed by atoms with Gasteiger partial charge in [0.1, 0.15) is 11.8 Å². The van der Waals surface area contributed by atoms with E-state index < -0.39 is 12.0 Å². The molecule has 26 heavy (non-hydrogen) atoms. The standard InChI is InChI=1S/C17H18N2O3.C2H4O2/c1-11(13-8-5-9-22-13)15-16(17(21)19-15)18-14(20)10-12-6-3-2-4-7-12;1-2(3)4/h2-9,11,15-16H,10H2,1H3,(H,18,20)(H,19,21);1H3,(H,3,4)/t11?,15-,16+;/m1./s1. The summed E-state index contributed by atoms with van der Waals surface area (Å²) in [6, 6.07) is 12.5. The molecule has 1 aromatic heterocycles. The van der Waals surface area contributed by atoms with Crippen molar-refractivity contribution in [3.05, 3.63) is 60.1 Å². The van der Waals surface area contributed by atoms with Gasteiger partial charge in [-0.25, -0.2) is 0 Å². The van der Waals surface area contributed by atoms with Crippen LogP contribution >= 0.6 is 0 Å². The molecular weight excluding hydrogens is 336 g/mol. The monoisotopic (exact) mass is 358 g/mol. The van der Waals surface area contributed by atoms with Crippen molar-refractivity contribution in [2.75, 3.05) is 0 Å². The first kappa shape index (κ1) is 19.2. The molecule has 1 saturated heterocycles. The van der Waals surface area contributed by atoms with Crippen LogP contribution in [0.25, 0.3) is 0 Å². The second kappa shape index (κ2) is 8.84. The molecule has 3 rings (SSSR count). The van der Waals surface area contributed by atoms with E-state index in [1.54, 1.807) is 6.26 Å². The lowest BCUT2D eigenvalue weighted by atomic mass is 9.86. The maximum atomic E-state index is 12.1. The largest absolute Gasteiger partial charge is 0.481 e. The molecule has 2 aromatic rings. The van der Waals surface area contributed by atoms with Crippen molar-refractivity contribution in [3.63, 3.8) is 0 Å². The van der Waals surface area contributed by atoms with Crippen LogP contribution in [0.3, 0.4) is 0 Å². The van der Waals surface area contributed by atoms with Crippen molar-refractivity contribution < 1.29 is 23.9 Å². The molecule has 1 aromatic carbocycles. The third kappa shape index (κ3) is 5.20. The Kier molecular flexibility index (Phi) is 6.54. The minimum atomic E-state index is -0.833. The number of carboxylic acids is 1. The highest BCUT2D eigenvalue weighted by atomic mass is 16.4. The fourth-order valence-corrected chi connectivity index (χ4v) is 2.71.